The van der Waals surface area contributed by atoms with Gasteiger partial charge in [0.05, 0.1) is 12.3 Å². The molecule has 0 unspecified atom stereocenters. The van der Waals surface area contributed by atoms with Gasteiger partial charge in [-0.2, -0.15) is 0 Å². The second-order valence-corrected chi connectivity index (χ2v) is 6.84. The fourth-order valence-electron chi connectivity index (χ4n) is 2.71. The number of aliphatic hydroxyl groups is 1. The molecule has 0 saturated heterocycles. The number of carbonyl (C=O) groups is 1. The monoisotopic (exact) mass is 464 g/mol. The van der Waals surface area contributed by atoms with Gasteiger partial charge in [0.2, 0.25) is 5.91 Å². The minimum absolute atomic E-state index is 0.0293. The molecule has 0 spiro atoms. The highest BCUT2D eigenvalue weighted by Gasteiger charge is 2.17. The van der Waals surface area contributed by atoms with E-state index in [1.165, 1.54) is 28.8 Å². The Morgan fingerprint density at radius 1 is 1.17 bits per heavy atom. The maximum atomic E-state index is 13.8. The molecule has 3 N–H and O–H groups in total. The molecule has 0 fully saturated rings. The van der Waals surface area contributed by atoms with Gasteiger partial charge in [0.15, 0.2) is 0 Å². The molecular weight excluding hydrogens is 450 g/mol. The summed E-state index contributed by atoms with van der Waals surface area (Å²) in [4.78, 5) is 24.3. The number of primary amides is 1. The SMILES string of the molecule is NC(=O)c1cccc(-n2c(CO)cc(OCc3ccc(F)cc3F)c(Br)c2=O)c1. The zero-order chi connectivity index (χ0) is 21.1. The van der Waals surface area contributed by atoms with Crippen LogP contribution in [0.2, 0.25) is 0 Å². The number of pyridine rings is 1. The average molecular weight is 465 g/mol. The minimum Gasteiger partial charge on any atom is -0.487 e. The van der Waals surface area contributed by atoms with Gasteiger partial charge < -0.3 is 15.6 Å². The second-order valence-electron chi connectivity index (χ2n) is 6.05. The van der Waals surface area contributed by atoms with E-state index >= 15 is 0 Å². The van der Waals surface area contributed by atoms with Crippen molar-refractivity contribution in [1.29, 1.82) is 0 Å². The molecule has 0 radical (unpaired) electrons. The summed E-state index contributed by atoms with van der Waals surface area (Å²) < 4.78 is 33.6. The van der Waals surface area contributed by atoms with E-state index in [2.05, 4.69) is 15.9 Å². The molecule has 3 aromatic rings. The fraction of sp³-hybridized carbons (Fsp3) is 0.100. The maximum Gasteiger partial charge on any atom is 0.273 e. The van der Waals surface area contributed by atoms with Gasteiger partial charge in [-0.3, -0.25) is 14.2 Å². The van der Waals surface area contributed by atoms with Crippen LogP contribution in [-0.2, 0) is 13.2 Å². The van der Waals surface area contributed by atoms with Crippen molar-refractivity contribution in [1.82, 2.24) is 4.57 Å². The number of nitrogens with two attached hydrogens (primary N) is 1. The lowest BCUT2D eigenvalue weighted by Crippen LogP contribution is -2.24. The summed E-state index contributed by atoms with van der Waals surface area (Å²) in [7, 11) is 0. The van der Waals surface area contributed by atoms with Gasteiger partial charge in [-0.05, 0) is 46.3 Å². The highest BCUT2D eigenvalue weighted by Crippen LogP contribution is 2.26. The van der Waals surface area contributed by atoms with E-state index in [1.54, 1.807) is 12.1 Å². The summed E-state index contributed by atoms with van der Waals surface area (Å²) in [6, 6.07) is 10.5. The lowest BCUT2D eigenvalue weighted by molar-refractivity contribution is 0.1000. The Morgan fingerprint density at radius 3 is 2.59 bits per heavy atom. The number of hydrogen-bond donors (Lipinski definition) is 2. The smallest absolute Gasteiger partial charge is 0.273 e. The van der Waals surface area contributed by atoms with E-state index in [4.69, 9.17) is 10.5 Å². The predicted molar refractivity (Wildman–Crippen MR) is 105 cm³/mol. The Labute approximate surface area is 172 Å². The molecule has 9 heteroatoms. The van der Waals surface area contributed by atoms with Gasteiger partial charge in [0.1, 0.15) is 28.5 Å². The highest BCUT2D eigenvalue weighted by molar-refractivity contribution is 9.10. The summed E-state index contributed by atoms with van der Waals surface area (Å²) in [5.74, 6) is -2.08. The van der Waals surface area contributed by atoms with Crippen LogP contribution in [0.1, 0.15) is 21.6 Å². The van der Waals surface area contributed by atoms with Crippen LogP contribution >= 0.6 is 15.9 Å². The summed E-state index contributed by atoms with van der Waals surface area (Å²) in [6.07, 6.45) is 0. The summed E-state index contributed by atoms with van der Waals surface area (Å²) in [5.41, 5.74) is 5.51. The molecule has 150 valence electrons. The van der Waals surface area contributed by atoms with E-state index in [-0.39, 0.29) is 33.6 Å². The Kier molecular flexibility index (Phi) is 6.09. The molecule has 0 atom stereocenters. The number of aliphatic hydroxyl groups excluding tert-OH is 1. The molecule has 2 aromatic carbocycles. The first-order valence-corrected chi connectivity index (χ1v) is 9.13. The van der Waals surface area contributed by atoms with Crippen LogP contribution in [0.25, 0.3) is 5.69 Å². The molecule has 0 aliphatic heterocycles. The van der Waals surface area contributed by atoms with Crippen molar-refractivity contribution in [3.63, 3.8) is 0 Å². The third-order valence-corrected chi connectivity index (χ3v) is 4.87. The maximum absolute atomic E-state index is 13.8. The van der Waals surface area contributed by atoms with Crippen LogP contribution in [0, 0.1) is 11.6 Å². The Balaban J connectivity index is 2.00. The number of nitrogens with zero attached hydrogens (tertiary/aromatic N) is 1. The van der Waals surface area contributed by atoms with E-state index < -0.39 is 29.7 Å². The van der Waals surface area contributed by atoms with Gasteiger partial charge in [-0.15, -0.1) is 0 Å². The predicted octanol–water partition coefficient (Wildman–Crippen LogP) is 3.05. The molecule has 3 rings (SSSR count). The first-order valence-electron chi connectivity index (χ1n) is 8.34. The molecule has 6 nitrogen and oxygen atoms in total. The van der Waals surface area contributed by atoms with Crippen molar-refractivity contribution in [2.24, 2.45) is 5.73 Å². The normalized spacial score (nSPS) is 10.8. The van der Waals surface area contributed by atoms with Crippen LogP contribution in [0.4, 0.5) is 8.78 Å². The molecular formula is C20H15BrF2N2O4. The minimum atomic E-state index is -0.778. The lowest BCUT2D eigenvalue weighted by Gasteiger charge is -2.16. The molecule has 1 amide bonds. The fourth-order valence-corrected chi connectivity index (χ4v) is 3.12. The third-order valence-electron chi connectivity index (χ3n) is 4.14. The van der Waals surface area contributed by atoms with Crippen molar-refractivity contribution in [2.75, 3.05) is 0 Å². The quantitative estimate of drug-likeness (QED) is 0.585. The van der Waals surface area contributed by atoms with Gasteiger partial charge in [0, 0.05) is 28.9 Å². The van der Waals surface area contributed by atoms with Gasteiger partial charge in [-0.1, -0.05) is 6.07 Å². The first kappa shape index (κ1) is 20.7. The van der Waals surface area contributed by atoms with E-state index in [9.17, 15) is 23.5 Å². The van der Waals surface area contributed by atoms with Crippen LogP contribution in [-0.4, -0.2) is 15.6 Å². The topological polar surface area (TPSA) is 94.6 Å². The van der Waals surface area contributed by atoms with E-state index in [0.29, 0.717) is 5.69 Å². The molecule has 0 aliphatic rings. The number of amides is 1. The zero-order valence-corrected chi connectivity index (χ0v) is 16.4. The van der Waals surface area contributed by atoms with Crippen molar-refractivity contribution < 1.29 is 23.4 Å². The van der Waals surface area contributed by atoms with Crippen LogP contribution in [0.5, 0.6) is 5.75 Å². The largest absolute Gasteiger partial charge is 0.487 e. The molecule has 1 heterocycles. The summed E-state index contributed by atoms with van der Waals surface area (Å²) in [5, 5.41) is 9.73. The summed E-state index contributed by atoms with van der Waals surface area (Å²) in [6.45, 7) is -0.763. The Hall–Kier alpha value is -3.04. The van der Waals surface area contributed by atoms with Crippen molar-refractivity contribution in [3.05, 3.63) is 91.8 Å². The van der Waals surface area contributed by atoms with E-state index in [1.807, 2.05) is 0 Å². The lowest BCUT2D eigenvalue weighted by atomic mass is 10.1. The molecule has 0 bridgehead atoms. The number of aromatic nitrogens is 1. The Morgan fingerprint density at radius 2 is 1.93 bits per heavy atom. The highest BCUT2D eigenvalue weighted by atomic mass is 79.9. The number of carbonyl (C=O) groups excluding carboxylic acids is 1. The molecule has 0 saturated carbocycles. The van der Waals surface area contributed by atoms with Crippen molar-refractivity contribution in [3.8, 4) is 11.4 Å². The number of benzene rings is 2. The first-order chi connectivity index (χ1) is 13.8. The summed E-state index contributed by atoms with van der Waals surface area (Å²) >= 11 is 3.16. The molecule has 29 heavy (non-hydrogen) atoms. The third kappa shape index (κ3) is 4.36. The Bertz CT molecular complexity index is 1150. The van der Waals surface area contributed by atoms with Gasteiger partial charge in [0.25, 0.3) is 5.56 Å². The number of ether oxygens (including phenoxy) is 1. The van der Waals surface area contributed by atoms with Gasteiger partial charge in [-0.25, -0.2) is 8.78 Å². The average Bonchev–Trinajstić information content (AvgIpc) is 2.70. The number of rotatable bonds is 6. The zero-order valence-electron chi connectivity index (χ0n) is 14.9. The van der Waals surface area contributed by atoms with Crippen LogP contribution < -0.4 is 16.0 Å². The van der Waals surface area contributed by atoms with Crippen LogP contribution in [0.3, 0.4) is 0 Å². The molecule has 0 aliphatic carbocycles. The number of hydrogen-bond acceptors (Lipinski definition) is 4. The molecule has 1 aromatic heterocycles. The van der Waals surface area contributed by atoms with Crippen LogP contribution in [0.15, 0.2) is 57.8 Å². The van der Waals surface area contributed by atoms with Crippen molar-refractivity contribution >= 4 is 21.8 Å². The standard InChI is InChI=1S/C20H15BrF2N2O4/c21-18-17(29-10-12-4-5-13(22)7-16(12)23)8-15(9-26)25(20(18)28)14-3-1-2-11(6-14)19(24)27/h1-8,26H,9-10H2,(H2,24,27). The van der Waals surface area contributed by atoms with Gasteiger partial charge >= 0.3 is 0 Å². The van der Waals surface area contributed by atoms with Crippen molar-refractivity contribution in [2.45, 2.75) is 13.2 Å². The second kappa shape index (κ2) is 8.54. The van der Waals surface area contributed by atoms with E-state index in [0.717, 1.165) is 12.1 Å². The number of halogens is 3.